The topological polar surface area (TPSA) is 78.0 Å². The summed E-state index contributed by atoms with van der Waals surface area (Å²) in [6, 6.07) is 7.21. The first-order chi connectivity index (χ1) is 8.56. The molecule has 1 aromatic carbocycles. The van der Waals surface area contributed by atoms with Crippen molar-refractivity contribution in [3.63, 3.8) is 0 Å². The molecule has 18 heavy (non-hydrogen) atoms. The number of aromatic nitrogens is 2. The van der Waals surface area contributed by atoms with Gasteiger partial charge in [0.25, 0.3) is 0 Å². The Morgan fingerprint density at radius 2 is 2.28 bits per heavy atom. The molecule has 6 nitrogen and oxygen atoms in total. The maximum Gasteiger partial charge on any atom is 0.381 e. The second kappa shape index (κ2) is 4.79. The van der Waals surface area contributed by atoms with Crippen LogP contribution in [0.15, 0.2) is 36.8 Å². The summed E-state index contributed by atoms with van der Waals surface area (Å²) < 4.78 is 1.41. The Morgan fingerprint density at radius 3 is 2.89 bits per heavy atom. The van der Waals surface area contributed by atoms with E-state index in [0.717, 1.165) is 5.56 Å². The Labute approximate surface area is 103 Å². The number of Topliss-reactive ketones (excluding diaryl/α,β-unsaturated/α-hetero) is 1. The zero-order chi connectivity index (χ0) is 13.1. The van der Waals surface area contributed by atoms with Crippen LogP contribution in [0.3, 0.4) is 0 Å². The number of benzene rings is 1. The largest absolute Gasteiger partial charge is 0.381 e. The molecular formula is C12H11N3O3. The lowest BCUT2D eigenvalue weighted by molar-refractivity contribution is -0.389. The highest BCUT2D eigenvalue weighted by Crippen LogP contribution is 2.09. The highest BCUT2D eigenvalue weighted by Gasteiger charge is 2.13. The van der Waals surface area contributed by atoms with E-state index >= 15 is 0 Å². The van der Waals surface area contributed by atoms with Gasteiger partial charge in [-0.2, -0.15) is 0 Å². The molecule has 1 heterocycles. The lowest BCUT2D eigenvalue weighted by atomic mass is 10.1. The Hall–Kier alpha value is -2.50. The quantitative estimate of drug-likeness (QED) is 0.468. The number of rotatable bonds is 4. The lowest BCUT2D eigenvalue weighted by Gasteiger charge is -2.01. The molecule has 0 amide bonds. The first-order valence-electron chi connectivity index (χ1n) is 5.32. The maximum atomic E-state index is 11.9. The normalized spacial score (nSPS) is 10.3. The molecule has 2 aromatic rings. The van der Waals surface area contributed by atoms with Gasteiger partial charge in [0.15, 0.2) is 5.78 Å². The van der Waals surface area contributed by atoms with E-state index in [-0.39, 0.29) is 18.1 Å². The van der Waals surface area contributed by atoms with Crippen LogP contribution in [0, 0.1) is 17.0 Å². The molecule has 0 unspecified atom stereocenters. The fraction of sp³-hybridized carbons (Fsp3) is 0.167. The van der Waals surface area contributed by atoms with E-state index in [9.17, 15) is 14.9 Å². The van der Waals surface area contributed by atoms with Crippen molar-refractivity contribution >= 4 is 11.6 Å². The molecule has 0 fully saturated rings. The fourth-order valence-corrected chi connectivity index (χ4v) is 1.60. The van der Waals surface area contributed by atoms with E-state index < -0.39 is 4.92 Å². The molecule has 0 atom stereocenters. The minimum absolute atomic E-state index is 0.0459. The predicted octanol–water partition coefficient (Wildman–Crippen LogP) is 1.98. The maximum absolute atomic E-state index is 11.9. The third kappa shape index (κ3) is 2.60. The zero-order valence-electron chi connectivity index (χ0n) is 9.74. The van der Waals surface area contributed by atoms with Crippen molar-refractivity contribution in [2.45, 2.75) is 13.5 Å². The molecule has 0 aliphatic carbocycles. The summed E-state index contributed by atoms with van der Waals surface area (Å²) in [5.41, 5.74) is 1.59. The van der Waals surface area contributed by atoms with Crippen LogP contribution in [-0.4, -0.2) is 20.3 Å². The molecule has 0 aliphatic heterocycles. The molecule has 1 aromatic heterocycles. The van der Waals surface area contributed by atoms with Crippen LogP contribution in [-0.2, 0) is 6.54 Å². The van der Waals surface area contributed by atoms with Gasteiger partial charge in [0.05, 0.1) is 6.54 Å². The van der Waals surface area contributed by atoms with Crippen LogP contribution >= 0.6 is 0 Å². The van der Waals surface area contributed by atoms with Gasteiger partial charge < -0.3 is 14.7 Å². The van der Waals surface area contributed by atoms with Gasteiger partial charge >= 0.3 is 5.82 Å². The van der Waals surface area contributed by atoms with Gasteiger partial charge in [-0.05, 0) is 22.9 Å². The number of nitro groups is 1. The van der Waals surface area contributed by atoms with E-state index in [1.54, 1.807) is 18.2 Å². The van der Waals surface area contributed by atoms with Crippen LogP contribution in [0.1, 0.15) is 15.9 Å². The molecule has 2 rings (SSSR count). The number of nitrogens with zero attached hydrogens (tertiary/aromatic N) is 3. The van der Waals surface area contributed by atoms with Crippen molar-refractivity contribution in [3.05, 3.63) is 58.0 Å². The fourth-order valence-electron chi connectivity index (χ4n) is 1.60. The van der Waals surface area contributed by atoms with E-state index in [4.69, 9.17) is 0 Å². The third-order valence-corrected chi connectivity index (χ3v) is 2.47. The molecule has 6 heteroatoms. The molecule has 0 radical (unpaired) electrons. The average molecular weight is 245 g/mol. The van der Waals surface area contributed by atoms with E-state index in [2.05, 4.69) is 4.98 Å². The summed E-state index contributed by atoms with van der Waals surface area (Å²) >= 11 is 0. The number of aryl methyl sites for hydroxylation is 1. The average Bonchev–Trinajstić information content (AvgIpc) is 2.77. The van der Waals surface area contributed by atoms with Gasteiger partial charge in [-0.15, -0.1) is 0 Å². The minimum atomic E-state index is -0.590. The first-order valence-corrected chi connectivity index (χ1v) is 5.32. The number of ketones is 1. The smallest absolute Gasteiger partial charge is 0.358 e. The molecule has 0 spiro atoms. The molecule has 92 valence electrons. The molecule has 0 N–H and O–H groups in total. The summed E-state index contributed by atoms with van der Waals surface area (Å²) in [7, 11) is 0. The Balaban J connectivity index is 2.13. The van der Waals surface area contributed by atoms with Crippen molar-refractivity contribution in [2.75, 3.05) is 0 Å². The lowest BCUT2D eigenvalue weighted by Crippen LogP contribution is -2.08. The van der Waals surface area contributed by atoms with Crippen LogP contribution in [0.25, 0.3) is 0 Å². The standard InChI is InChI=1S/C12H11N3O3/c1-9-3-2-4-10(5-9)11(16)6-14-7-12(13-8-14)15(17)18/h2-5,7-8H,6H2,1H3. The third-order valence-electron chi connectivity index (χ3n) is 2.47. The van der Waals surface area contributed by atoms with Crippen molar-refractivity contribution in [2.24, 2.45) is 0 Å². The number of carbonyl (C=O) groups excluding carboxylic acids is 1. The Kier molecular flexibility index (Phi) is 3.18. The van der Waals surface area contributed by atoms with Gasteiger partial charge in [0.2, 0.25) is 6.33 Å². The second-order valence-electron chi connectivity index (χ2n) is 3.95. The molecular weight excluding hydrogens is 234 g/mol. The van der Waals surface area contributed by atoms with Crippen LogP contribution < -0.4 is 0 Å². The number of hydrogen-bond donors (Lipinski definition) is 0. The van der Waals surface area contributed by atoms with Gasteiger partial charge in [-0.25, -0.2) is 0 Å². The van der Waals surface area contributed by atoms with Crippen molar-refractivity contribution in [1.82, 2.24) is 9.55 Å². The van der Waals surface area contributed by atoms with Gasteiger partial charge in [0, 0.05) is 5.56 Å². The number of imidazole rings is 1. The molecule has 0 bridgehead atoms. The monoisotopic (exact) mass is 245 g/mol. The second-order valence-corrected chi connectivity index (χ2v) is 3.95. The van der Waals surface area contributed by atoms with Crippen LogP contribution in [0.2, 0.25) is 0 Å². The van der Waals surface area contributed by atoms with E-state index in [1.807, 2.05) is 13.0 Å². The van der Waals surface area contributed by atoms with Crippen molar-refractivity contribution < 1.29 is 9.72 Å². The zero-order valence-corrected chi connectivity index (χ0v) is 9.74. The van der Waals surface area contributed by atoms with Crippen molar-refractivity contribution in [3.8, 4) is 0 Å². The van der Waals surface area contributed by atoms with Gasteiger partial charge in [0.1, 0.15) is 6.20 Å². The van der Waals surface area contributed by atoms with Gasteiger partial charge in [-0.1, -0.05) is 23.8 Å². The van der Waals surface area contributed by atoms with E-state index in [0.29, 0.717) is 5.56 Å². The Morgan fingerprint density at radius 1 is 1.50 bits per heavy atom. The first kappa shape index (κ1) is 12.0. The summed E-state index contributed by atoms with van der Waals surface area (Å²) in [4.78, 5) is 25.4. The minimum Gasteiger partial charge on any atom is -0.358 e. The summed E-state index contributed by atoms with van der Waals surface area (Å²) in [6.45, 7) is 1.95. The summed E-state index contributed by atoms with van der Waals surface area (Å²) in [6.07, 6.45) is 2.53. The highest BCUT2D eigenvalue weighted by atomic mass is 16.6. The van der Waals surface area contributed by atoms with Crippen LogP contribution in [0.5, 0.6) is 0 Å². The highest BCUT2D eigenvalue weighted by molar-refractivity contribution is 5.96. The van der Waals surface area contributed by atoms with Crippen molar-refractivity contribution in [1.29, 1.82) is 0 Å². The number of carbonyl (C=O) groups is 1. The SMILES string of the molecule is Cc1cccc(C(=O)Cn2cnc([N+](=O)[O-])c2)c1. The summed E-state index contributed by atoms with van der Waals surface area (Å²) in [5, 5.41) is 10.5. The van der Waals surface area contributed by atoms with Gasteiger partial charge in [-0.3, -0.25) is 4.79 Å². The molecule has 0 saturated heterocycles. The van der Waals surface area contributed by atoms with E-state index in [1.165, 1.54) is 17.1 Å². The summed E-state index contributed by atoms with van der Waals surface area (Å²) in [5.74, 6) is -0.363. The molecule has 0 aliphatic rings. The molecule has 0 saturated carbocycles. The number of hydrogen-bond acceptors (Lipinski definition) is 4. The predicted molar refractivity (Wildman–Crippen MR) is 64.4 cm³/mol. The van der Waals surface area contributed by atoms with Crippen LogP contribution in [0.4, 0.5) is 5.82 Å². The Bertz CT molecular complexity index is 604.